The van der Waals surface area contributed by atoms with E-state index in [1.54, 1.807) is 21.1 Å². The Labute approximate surface area is 62.0 Å². The van der Waals surface area contributed by atoms with Gasteiger partial charge in [0.15, 0.2) is 0 Å². The van der Waals surface area contributed by atoms with Gasteiger partial charge in [0, 0.05) is 27.2 Å². The van der Waals surface area contributed by atoms with Crippen LogP contribution in [0.4, 0.5) is 0 Å². The molecule has 0 saturated heterocycles. The van der Waals surface area contributed by atoms with E-state index in [2.05, 4.69) is 0 Å². The summed E-state index contributed by atoms with van der Waals surface area (Å²) in [5.41, 5.74) is -0.745. The first-order chi connectivity index (χ1) is 4.62. The zero-order chi connectivity index (χ0) is 8.04. The molecule has 0 aromatic rings. The predicted octanol–water partition coefficient (Wildman–Crippen LogP) is 0.420. The van der Waals surface area contributed by atoms with Crippen LogP contribution in [0.1, 0.15) is 13.3 Å². The fourth-order valence-corrected chi connectivity index (χ4v) is 0.705. The summed E-state index contributed by atoms with van der Waals surface area (Å²) in [6, 6.07) is 0. The molecule has 62 valence electrons. The van der Waals surface area contributed by atoms with E-state index in [9.17, 15) is 5.11 Å². The van der Waals surface area contributed by atoms with Crippen molar-refractivity contribution in [2.24, 2.45) is 0 Å². The van der Waals surface area contributed by atoms with E-state index in [-0.39, 0.29) is 0 Å². The highest BCUT2D eigenvalue weighted by molar-refractivity contribution is 4.70. The lowest BCUT2D eigenvalue weighted by molar-refractivity contribution is -0.0357. The molecule has 0 aromatic heterocycles. The summed E-state index contributed by atoms with van der Waals surface area (Å²) >= 11 is 0. The lowest BCUT2D eigenvalue weighted by Crippen LogP contribution is -2.31. The first-order valence-corrected chi connectivity index (χ1v) is 3.32. The monoisotopic (exact) mass is 148 g/mol. The number of hydrogen-bond acceptors (Lipinski definition) is 3. The zero-order valence-corrected chi connectivity index (χ0v) is 6.89. The molecule has 0 aromatic carbocycles. The molecule has 0 aliphatic carbocycles. The van der Waals surface area contributed by atoms with Gasteiger partial charge in [0.2, 0.25) is 0 Å². The van der Waals surface area contributed by atoms with Gasteiger partial charge < -0.3 is 14.6 Å². The summed E-state index contributed by atoms with van der Waals surface area (Å²) in [6.07, 6.45) is 0.608. The summed E-state index contributed by atoms with van der Waals surface area (Å²) in [7, 11) is 3.18. The number of hydrogen-bond donors (Lipinski definition) is 1. The lowest BCUT2D eigenvalue weighted by Gasteiger charge is -2.21. The topological polar surface area (TPSA) is 38.7 Å². The Kier molecular flexibility index (Phi) is 4.60. The molecule has 0 amide bonds. The van der Waals surface area contributed by atoms with E-state index in [1.807, 2.05) is 0 Å². The highest BCUT2D eigenvalue weighted by Gasteiger charge is 2.18. The van der Waals surface area contributed by atoms with Crippen molar-refractivity contribution in [3.8, 4) is 0 Å². The molecule has 1 atom stereocenters. The molecule has 10 heavy (non-hydrogen) atoms. The molecule has 0 spiro atoms. The van der Waals surface area contributed by atoms with Crippen LogP contribution in [0.25, 0.3) is 0 Å². The molecule has 3 nitrogen and oxygen atoms in total. The third-order valence-electron chi connectivity index (χ3n) is 1.30. The van der Waals surface area contributed by atoms with Crippen LogP contribution in [-0.2, 0) is 9.47 Å². The first kappa shape index (κ1) is 9.88. The van der Waals surface area contributed by atoms with Gasteiger partial charge in [-0.15, -0.1) is 0 Å². The molecule has 1 N–H and O–H groups in total. The summed E-state index contributed by atoms with van der Waals surface area (Å²) < 4.78 is 9.61. The van der Waals surface area contributed by atoms with Crippen LogP contribution in [0.5, 0.6) is 0 Å². The molecule has 0 heterocycles. The average Bonchev–Trinajstić information content (AvgIpc) is 1.84. The number of methoxy groups -OCH3 is 2. The first-order valence-electron chi connectivity index (χ1n) is 3.32. The fraction of sp³-hybridized carbons (Fsp3) is 1.00. The Balaban J connectivity index is 3.42. The van der Waals surface area contributed by atoms with Crippen molar-refractivity contribution in [1.29, 1.82) is 0 Å². The lowest BCUT2D eigenvalue weighted by atomic mass is 10.1. The maximum atomic E-state index is 9.44. The third-order valence-corrected chi connectivity index (χ3v) is 1.30. The van der Waals surface area contributed by atoms with Crippen molar-refractivity contribution < 1.29 is 14.6 Å². The minimum absolute atomic E-state index is 0.357. The van der Waals surface area contributed by atoms with E-state index in [4.69, 9.17) is 9.47 Å². The van der Waals surface area contributed by atoms with Crippen LogP contribution in [-0.4, -0.2) is 38.1 Å². The van der Waals surface area contributed by atoms with Crippen LogP contribution in [0.2, 0.25) is 0 Å². The summed E-state index contributed by atoms with van der Waals surface area (Å²) in [6.45, 7) is 2.66. The molecule has 0 aliphatic heterocycles. The van der Waals surface area contributed by atoms with E-state index in [1.165, 1.54) is 0 Å². The molecule has 3 heteroatoms. The summed E-state index contributed by atoms with van der Waals surface area (Å²) in [5, 5.41) is 9.44. The second-order valence-electron chi connectivity index (χ2n) is 2.67. The molecule has 0 rings (SSSR count). The minimum atomic E-state index is -0.745. The number of ether oxygens (including phenoxy) is 2. The van der Waals surface area contributed by atoms with E-state index >= 15 is 0 Å². The van der Waals surface area contributed by atoms with Gasteiger partial charge in [0.05, 0.1) is 12.2 Å². The van der Waals surface area contributed by atoms with Gasteiger partial charge in [-0.05, 0) is 6.92 Å². The number of rotatable bonds is 5. The average molecular weight is 148 g/mol. The minimum Gasteiger partial charge on any atom is -0.388 e. The van der Waals surface area contributed by atoms with Crippen LogP contribution >= 0.6 is 0 Å². The van der Waals surface area contributed by atoms with Crippen LogP contribution in [0.15, 0.2) is 0 Å². The van der Waals surface area contributed by atoms with Crippen molar-refractivity contribution in [3.05, 3.63) is 0 Å². The Bertz CT molecular complexity index is 80.9. The van der Waals surface area contributed by atoms with Crippen molar-refractivity contribution in [3.63, 3.8) is 0 Å². The summed E-state index contributed by atoms with van der Waals surface area (Å²) in [5.74, 6) is 0. The van der Waals surface area contributed by atoms with E-state index < -0.39 is 5.60 Å². The summed E-state index contributed by atoms with van der Waals surface area (Å²) in [4.78, 5) is 0. The van der Waals surface area contributed by atoms with Crippen LogP contribution in [0, 0.1) is 0 Å². The second-order valence-corrected chi connectivity index (χ2v) is 2.67. The van der Waals surface area contributed by atoms with Crippen molar-refractivity contribution in [2.45, 2.75) is 18.9 Å². The highest BCUT2D eigenvalue weighted by atomic mass is 16.5. The Morgan fingerprint density at radius 2 is 1.90 bits per heavy atom. The largest absolute Gasteiger partial charge is 0.388 e. The molecule has 1 unspecified atom stereocenters. The molecular weight excluding hydrogens is 132 g/mol. The van der Waals surface area contributed by atoms with Gasteiger partial charge >= 0.3 is 0 Å². The normalized spacial score (nSPS) is 16.8. The standard InChI is InChI=1S/C7H16O3/c1-7(8,6-10-3)4-5-9-2/h8H,4-6H2,1-3H3. The van der Waals surface area contributed by atoms with Gasteiger partial charge in [0.25, 0.3) is 0 Å². The van der Waals surface area contributed by atoms with Gasteiger partial charge in [0.1, 0.15) is 0 Å². The van der Waals surface area contributed by atoms with Crippen LogP contribution in [0.3, 0.4) is 0 Å². The van der Waals surface area contributed by atoms with E-state index in [0.29, 0.717) is 19.6 Å². The van der Waals surface area contributed by atoms with E-state index in [0.717, 1.165) is 0 Å². The van der Waals surface area contributed by atoms with Gasteiger partial charge in [-0.1, -0.05) is 0 Å². The Morgan fingerprint density at radius 3 is 2.30 bits per heavy atom. The predicted molar refractivity (Wildman–Crippen MR) is 39.0 cm³/mol. The highest BCUT2D eigenvalue weighted by Crippen LogP contribution is 2.08. The van der Waals surface area contributed by atoms with Crippen molar-refractivity contribution >= 4 is 0 Å². The maximum absolute atomic E-state index is 9.44. The molecule has 0 aliphatic rings. The fourth-order valence-electron chi connectivity index (χ4n) is 0.705. The van der Waals surface area contributed by atoms with Crippen molar-refractivity contribution in [2.75, 3.05) is 27.4 Å². The van der Waals surface area contributed by atoms with Crippen molar-refractivity contribution in [1.82, 2.24) is 0 Å². The molecule has 0 bridgehead atoms. The SMILES string of the molecule is COCCC(C)(O)COC. The smallest absolute Gasteiger partial charge is 0.0873 e. The Hall–Kier alpha value is -0.120. The third kappa shape index (κ3) is 4.73. The quantitative estimate of drug-likeness (QED) is 0.614. The molecule has 0 saturated carbocycles. The Morgan fingerprint density at radius 1 is 1.30 bits per heavy atom. The van der Waals surface area contributed by atoms with Crippen LogP contribution < -0.4 is 0 Å². The molecular formula is C7H16O3. The number of aliphatic hydroxyl groups is 1. The van der Waals surface area contributed by atoms with Gasteiger partial charge in [-0.3, -0.25) is 0 Å². The van der Waals surface area contributed by atoms with Gasteiger partial charge in [-0.2, -0.15) is 0 Å². The zero-order valence-electron chi connectivity index (χ0n) is 6.89. The molecule has 0 fully saturated rings. The van der Waals surface area contributed by atoms with Gasteiger partial charge in [-0.25, -0.2) is 0 Å². The second kappa shape index (κ2) is 4.66. The molecule has 0 radical (unpaired) electrons. The maximum Gasteiger partial charge on any atom is 0.0873 e.